The maximum Gasteiger partial charge on any atom is 0.209 e. The van der Waals surface area contributed by atoms with E-state index in [1.165, 1.54) is 56.2 Å². The largest absolute Gasteiger partial charge is 0.209 e. The van der Waals surface area contributed by atoms with Gasteiger partial charge in [0, 0.05) is 0 Å². The van der Waals surface area contributed by atoms with E-state index in [0.717, 1.165) is 18.3 Å². The quantitative estimate of drug-likeness (QED) is 0.359. The van der Waals surface area contributed by atoms with Crippen LogP contribution in [-0.2, 0) is 0 Å². The Kier molecular flexibility index (Phi) is 5.20. The number of halogens is 2. The Hall–Kier alpha value is 0.229. The highest BCUT2D eigenvalue weighted by Crippen LogP contribution is 2.54. The highest BCUT2D eigenvalue weighted by atomic mass is 79.9. The van der Waals surface area contributed by atoms with Gasteiger partial charge in [-0.1, -0.05) is 98.4 Å². The van der Waals surface area contributed by atoms with E-state index in [0.29, 0.717) is 0 Å². The Morgan fingerprint density at radius 1 is 1.04 bits per heavy atom. The van der Waals surface area contributed by atoms with Crippen LogP contribution in [0.15, 0.2) is 40.6 Å². The Morgan fingerprint density at radius 2 is 1.60 bits per heavy atom. The Balaban J connectivity index is 1.83. The molecule has 3 heterocycles. The summed E-state index contributed by atoms with van der Waals surface area (Å²) in [5, 5.41) is 1.45. The topological polar surface area (TPSA) is 0 Å². The van der Waals surface area contributed by atoms with Crippen molar-refractivity contribution in [3.05, 3.63) is 40.6 Å². The van der Waals surface area contributed by atoms with Gasteiger partial charge in [0.2, 0.25) is 7.38 Å². The van der Waals surface area contributed by atoms with Crippen molar-refractivity contribution in [3.8, 4) is 0 Å². The van der Waals surface area contributed by atoms with Crippen LogP contribution in [0.3, 0.4) is 0 Å². The standard InChI is InChI=1S/C20H29BBrClSi2/c1-24(2,22)20-19(21-16-8-6-9-17(21)11-7-10-16)14-15-25(20,23)18-12-4-3-5-13-18/h3-5,12-13,16-17H,6-11,14-15H2,1-2H3. The number of hydrogen-bond donors (Lipinski definition) is 0. The van der Waals surface area contributed by atoms with Crippen LogP contribution in [-0.4, -0.2) is 20.8 Å². The molecule has 134 valence electrons. The van der Waals surface area contributed by atoms with Crippen LogP contribution < -0.4 is 5.19 Å². The molecule has 5 heteroatoms. The molecule has 25 heavy (non-hydrogen) atoms. The third-order valence-electron chi connectivity index (χ3n) is 7.00. The van der Waals surface area contributed by atoms with E-state index in [1.807, 2.05) is 5.47 Å². The molecule has 0 aromatic heterocycles. The number of fused-ring (bicyclic) bond motifs is 2. The molecule has 3 aliphatic rings. The summed E-state index contributed by atoms with van der Waals surface area (Å²) in [6.45, 7) is 4.19. The predicted molar refractivity (Wildman–Crippen MR) is 121 cm³/mol. The molecule has 1 unspecified atom stereocenters. The SMILES string of the molecule is C[Si](C)(Br)C1=C(B2C3CCCC2CCC3)CC[Si]1(Cl)c1ccccc1. The molecule has 0 aliphatic carbocycles. The van der Waals surface area contributed by atoms with Crippen molar-refractivity contribution in [1.29, 1.82) is 0 Å². The van der Waals surface area contributed by atoms with Crippen molar-refractivity contribution < 1.29 is 0 Å². The number of hydrogen-bond acceptors (Lipinski definition) is 0. The molecule has 0 spiro atoms. The van der Waals surface area contributed by atoms with Crippen molar-refractivity contribution in [2.75, 3.05) is 0 Å². The lowest BCUT2D eigenvalue weighted by Crippen LogP contribution is -2.50. The summed E-state index contributed by atoms with van der Waals surface area (Å²) in [6, 6.07) is 12.3. The summed E-state index contributed by atoms with van der Waals surface area (Å²) in [5.74, 6) is 1.90. The summed E-state index contributed by atoms with van der Waals surface area (Å²) < 4.78 is 0. The molecule has 0 saturated carbocycles. The van der Waals surface area contributed by atoms with Crippen LogP contribution in [0.4, 0.5) is 0 Å². The molecular formula is C20H29BBrClSi2. The van der Waals surface area contributed by atoms with Gasteiger partial charge in [-0.2, -0.15) is 11.1 Å². The van der Waals surface area contributed by atoms with Crippen molar-refractivity contribution >= 4 is 52.3 Å². The first kappa shape index (κ1) is 18.6. The molecule has 0 nitrogen and oxygen atoms in total. The average molecular weight is 452 g/mol. The van der Waals surface area contributed by atoms with Crippen molar-refractivity contribution in [1.82, 2.24) is 0 Å². The van der Waals surface area contributed by atoms with E-state index in [2.05, 4.69) is 58.7 Å². The zero-order chi connectivity index (χ0) is 17.7. The second-order valence-electron chi connectivity index (χ2n) is 8.95. The lowest BCUT2D eigenvalue weighted by molar-refractivity contribution is 0.445. The second-order valence-corrected chi connectivity index (χ2v) is 24.0. The molecule has 1 atom stereocenters. The lowest BCUT2D eigenvalue weighted by atomic mass is 9.24. The summed E-state index contributed by atoms with van der Waals surface area (Å²) >= 11 is 11.8. The van der Waals surface area contributed by atoms with Crippen LogP contribution in [0.1, 0.15) is 44.9 Å². The van der Waals surface area contributed by atoms with Crippen LogP contribution in [0, 0.1) is 0 Å². The van der Waals surface area contributed by atoms with Gasteiger partial charge in [0.1, 0.15) is 6.69 Å². The predicted octanol–water partition coefficient (Wildman–Crippen LogP) is 6.60. The molecule has 4 rings (SSSR count). The minimum atomic E-state index is -2.06. The maximum atomic E-state index is 7.60. The third kappa shape index (κ3) is 3.30. The van der Waals surface area contributed by atoms with Crippen LogP contribution in [0.25, 0.3) is 0 Å². The summed E-state index contributed by atoms with van der Waals surface area (Å²) in [6.07, 6.45) is 10.1. The molecule has 0 N–H and O–H groups in total. The van der Waals surface area contributed by atoms with E-state index < -0.39 is 14.1 Å². The zero-order valence-electron chi connectivity index (χ0n) is 15.5. The van der Waals surface area contributed by atoms with Gasteiger partial charge in [-0.05, 0) is 17.7 Å². The van der Waals surface area contributed by atoms with Gasteiger partial charge in [-0.15, -0.1) is 20.8 Å². The zero-order valence-corrected chi connectivity index (χ0v) is 19.9. The van der Waals surface area contributed by atoms with E-state index in [-0.39, 0.29) is 0 Å². The highest BCUT2D eigenvalue weighted by molar-refractivity contribution is 9.26. The summed E-state index contributed by atoms with van der Waals surface area (Å²) in [4.78, 5) is 1.76. The fraction of sp³-hybridized carbons (Fsp3) is 0.600. The van der Waals surface area contributed by atoms with Gasteiger partial charge in [-0.25, -0.2) is 0 Å². The number of benzene rings is 1. The fourth-order valence-electron chi connectivity index (χ4n) is 6.23. The van der Waals surface area contributed by atoms with Crippen molar-refractivity contribution in [2.45, 2.75) is 75.7 Å². The molecule has 2 bridgehead atoms. The monoisotopic (exact) mass is 450 g/mol. The molecule has 3 aliphatic heterocycles. The smallest absolute Gasteiger partial charge is 0.156 e. The van der Waals surface area contributed by atoms with Crippen molar-refractivity contribution in [2.24, 2.45) is 0 Å². The molecule has 0 radical (unpaired) electrons. The molecule has 1 aromatic carbocycles. The van der Waals surface area contributed by atoms with Crippen molar-refractivity contribution in [3.63, 3.8) is 0 Å². The van der Waals surface area contributed by atoms with Crippen LogP contribution in [0.5, 0.6) is 0 Å². The summed E-state index contributed by atoms with van der Waals surface area (Å²) in [5.41, 5.74) is 1.84. The van der Waals surface area contributed by atoms with Gasteiger partial charge in [-0.3, -0.25) is 0 Å². The average Bonchev–Trinajstić information content (AvgIpc) is 2.94. The van der Waals surface area contributed by atoms with Gasteiger partial charge >= 0.3 is 0 Å². The molecule has 0 amide bonds. The van der Waals surface area contributed by atoms with Gasteiger partial charge in [0.25, 0.3) is 0 Å². The maximum absolute atomic E-state index is 7.60. The second kappa shape index (κ2) is 7.00. The van der Waals surface area contributed by atoms with Crippen LogP contribution in [0.2, 0.25) is 30.8 Å². The summed E-state index contributed by atoms with van der Waals surface area (Å²) in [7, 11) is -2.06. The number of rotatable bonds is 3. The van der Waals surface area contributed by atoms with E-state index in [4.69, 9.17) is 11.1 Å². The molecule has 2 fully saturated rings. The first-order valence-corrected chi connectivity index (χ1v) is 18.6. The Labute approximate surface area is 168 Å². The third-order valence-corrected chi connectivity index (χ3v) is 19.5. The molecule has 1 aromatic rings. The lowest BCUT2D eigenvalue weighted by Gasteiger charge is -2.43. The molecular weight excluding hydrogens is 423 g/mol. The van der Waals surface area contributed by atoms with E-state index >= 15 is 0 Å². The van der Waals surface area contributed by atoms with E-state index in [1.54, 1.807) is 4.82 Å². The Morgan fingerprint density at radius 3 is 2.12 bits per heavy atom. The Bertz CT molecular complexity index is 650. The first-order valence-electron chi connectivity index (χ1n) is 10.1. The fourth-order valence-corrected chi connectivity index (χ4v) is 22.8. The molecule has 2 saturated heterocycles. The van der Waals surface area contributed by atoms with Gasteiger partial charge in [0.15, 0.2) is 6.71 Å². The highest BCUT2D eigenvalue weighted by Gasteiger charge is 2.53. The normalized spacial score (nSPS) is 33.0. The first-order chi connectivity index (χ1) is 11.9. The van der Waals surface area contributed by atoms with Gasteiger partial charge in [0.05, 0.1) is 0 Å². The minimum Gasteiger partial charge on any atom is -0.156 e. The van der Waals surface area contributed by atoms with Crippen LogP contribution >= 0.6 is 26.4 Å². The van der Waals surface area contributed by atoms with E-state index in [9.17, 15) is 0 Å². The number of allylic oxidation sites excluding steroid dienone is 1. The van der Waals surface area contributed by atoms with Gasteiger partial charge < -0.3 is 0 Å². The minimum absolute atomic E-state index is 0.860.